The highest BCUT2D eigenvalue weighted by Crippen LogP contribution is 2.18. The van der Waals surface area contributed by atoms with Gasteiger partial charge in [0.05, 0.1) is 58.5 Å². The summed E-state index contributed by atoms with van der Waals surface area (Å²) >= 11 is 15.7. The maximum atomic E-state index is 12.7. The van der Waals surface area contributed by atoms with Gasteiger partial charge in [0.2, 0.25) is 29.5 Å². The predicted octanol–water partition coefficient (Wildman–Crippen LogP) is 7.81. The average Bonchev–Trinajstić information content (AvgIpc) is 1.69. The molecule has 0 atom stereocenters. The molecule has 7 fully saturated rings. The van der Waals surface area contributed by atoms with Crippen molar-refractivity contribution < 1.29 is 41.5 Å². The lowest BCUT2D eigenvalue weighted by Gasteiger charge is -2.23. The summed E-state index contributed by atoms with van der Waals surface area (Å²) in [5.74, 6) is -0.348. The quantitative estimate of drug-likeness (QED) is 0.0286. The van der Waals surface area contributed by atoms with Crippen LogP contribution < -0.4 is 21.7 Å². The van der Waals surface area contributed by atoms with Crippen LogP contribution in [0.4, 0.5) is 17.6 Å². The fourth-order valence-electron chi connectivity index (χ4n) is 9.72. The van der Waals surface area contributed by atoms with Crippen LogP contribution in [0.25, 0.3) is 0 Å². The van der Waals surface area contributed by atoms with E-state index in [1.807, 2.05) is 62.3 Å². The number of Topliss-reactive ketones (excluding diaryl/α,β-unsaturated/α-hetero) is 1. The van der Waals surface area contributed by atoms with Crippen LogP contribution in [0.1, 0.15) is 22.3 Å². The number of hydrazine groups is 8. The van der Waals surface area contributed by atoms with E-state index in [1.54, 1.807) is 58.5 Å². The van der Waals surface area contributed by atoms with Crippen molar-refractivity contribution in [3.63, 3.8) is 0 Å². The zero-order valence-electron chi connectivity index (χ0n) is 61.3. The summed E-state index contributed by atoms with van der Waals surface area (Å²) in [5, 5.41) is 22.3. The highest BCUT2D eigenvalue weighted by molar-refractivity contribution is 6.63. The molecule has 0 unspecified atom stereocenters. The number of rotatable bonds is 11. The van der Waals surface area contributed by atoms with Crippen molar-refractivity contribution in [3.05, 3.63) is 228 Å². The van der Waals surface area contributed by atoms with Gasteiger partial charge in [-0.05, 0) is 130 Å². The van der Waals surface area contributed by atoms with Gasteiger partial charge in [0.1, 0.15) is 23.3 Å². The number of nitrogens with one attached hydrogen (secondary N) is 4. The van der Waals surface area contributed by atoms with Gasteiger partial charge in [-0.1, -0.05) is 88.0 Å². The summed E-state index contributed by atoms with van der Waals surface area (Å²) in [7, 11) is 21.3. The zero-order chi connectivity index (χ0) is 76.8. The predicted molar refractivity (Wildman–Crippen MR) is 403 cm³/mol. The molecule has 7 aliphatic rings. The number of likely N-dealkylation sites (N-methyl/N-ethyl adjacent to an activating group) is 9. The first-order valence-corrected chi connectivity index (χ1v) is 34.0. The number of benzene rings is 4. The van der Waals surface area contributed by atoms with E-state index < -0.39 is 5.24 Å². The lowest BCUT2D eigenvalue weighted by Crippen LogP contribution is -2.39. The van der Waals surface area contributed by atoms with Gasteiger partial charge in [-0.2, -0.15) is 0 Å². The Morgan fingerprint density at radius 1 is 0.412 bits per heavy atom. The topological polar surface area (TPSA) is 172 Å². The van der Waals surface area contributed by atoms with Crippen molar-refractivity contribution in [1.82, 2.24) is 81.8 Å². The molecule has 11 rings (SSSR count). The molecule has 3 amide bonds. The molecule has 0 saturated carbocycles. The van der Waals surface area contributed by atoms with Crippen LogP contribution in [0.15, 0.2) is 176 Å². The summed E-state index contributed by atoms with van der Waals surface area (Å²) in [5.41, 5.74) is 22.4. The third kappa shape index (κ3) is 37.8. The number of hydrogen-bond donors (Lipinski definition) is 4. The Hall–Kier alpha value is -7.21. The number of carbonyl (C=O) groups is 5. The second-order valence-electron chi connectivity index (χ2n) is 25.0. The summed E-state index contributed by atoms with van der Waals surface area (Å²) in [6.07, 6.45) is 0.912. The first kappa shape index (κ1) is 90.9. The van der Waals surface area contributed by atoms with Crippen molar-refractivity contribution in [3.8, 4) is 0 Å². The second kappa shape index (κ2) is 48.7. The van der Waals surface area contributed by atoms with Gasteiger partial charge in [-0.15, -0.1) is 23.2 Å². The first-order valence-electron chi connectivity index (χ1n) is 32.6. The molecule has 102 heavy (non-hydrogen) atoms. The van der Waals surface area contributed by atoms with Crippen LogP contribution in [0.3, 0.4) is 0 Å². The van der Waals surface area contributed by atoms with E-state index in [-0.39, 0.29) is 85.5 Å². The standard InChI is InChI=1S/2C13H15FN2O.C12H13FN2O2.C8H6ClFO.2C6H12N2.C5H10N2.C5H9N2.C4H6Cl2.C2H8N2/c2*1-10-8-15(2)16(9-10)13(17)7-11-3-5-12(14)6-4-11;1-14-7-11(16)8-15(14)12(17)6-9-2-4-10(13)5-3-9;9-8(11)5-6-1-3-7(10)4-2-6;2*1-6-4-7(2)8(3)5-6;2*1-5-3-6-7(2)4-5;1-4(2-5)3-6;1-3-4-2/h2*3-6H,1,7-9H2,2H3;2-5H,6-8H2,1H3;1-4H,5H2;2*1,4-5H2,2-3H3;6H,1,3-4H2,2H3;1,6H,3-4H2,2H3;1-3H2;3-4H,1-2H3/q;;;;;;;+1;;. The minimum absolute atomic E-state index is 0.0118. The Morgan fingerprint density at radius 2 is 0.686 bits per heavy atom. The van der Waals surface area contributed by atoms with Gasteiger partial charge in [-0.25, -0.2) is 68.1 Å². The molecule has 0 spiro atoms. The molecule has 4 aromatic rings. The van der Waals surface area contributed by atoms with E-state index in [4.69, 9.17) is 41.4 Å². The molecule has 0 aliphatic carbocycles. The van der Waals surface area contributed by atoms with Crippen LogP contribution in [0.5, 0.6) is 0 Å². The van der Waals surface area contributed by atoms with Gasteiger partial charge < -0.3 is 0 Å². The summed E-state index contributed by atoms with van der Waals surface area (Å²) in [6, 6.07) is 23.5. The van der Waals surface area contributed by atoms with Crippen LogP contribution in [0, 0.1) is 29.8 Å². The molecule has 7 saturated heterocycles. The normalized spacial score (nSPS) is 17.3. The molecule has 4 N–H and O–H groups in total. The Labute approximate surface area is 617 Å². The van der Waals surface area contributed by atoms with Crippen molar-refractivity contribution in [2.24, 2.45) is 0 Å². The lowest BCUT2D eigenvalue weighted by molar-refractivity contribution is -0.141. The van der Waals surface area contributed by atoms with Gasteiger partial charge in [0.15, 0.2) is 11.4 Å². The van der Waals surface area contributed by atoms with E-state index >= 15 is 0 Å². The summed E-state index contributed by atoms with van der Waals surface area (Å²) in [6.45, 7) is 39.0. The van der Waals surface area contributed by atoms with Gasteiger partial charge in [0, 0.05) is 134 Å². The highest BCUT2D eigenvalue weighted by Gasteiger charge is 2.30. The van der Waals surface area contributed by atoms with Gasteiger partial charge in [-0.3, -0.25) is 55.3 Å². The molecular weight excluding hydrogens is 1380 g/mol. The number of allylic oxidation sites excluding steroid dienone is 1. The SMILES string of the molecule is C=C(CCl)CCl.C=C1CN(C)N(C(=O)Cc2ccc(F)cc2)C1.C=C1CN(C)N(C(=O)Cc2ccc(F)cc2)C1.C=C1CN(C)N(C)C1.C=C1CN(C)N(C)C1.C=C1CNN(C)C1.CN1CC(=O)CN1C(=O)Cc1ccc(F)cc1.CNNC.O=C(Cl)Cc1ccc(F)cc1.[CH+]=C1CNN(C)C1. The monoisotopic (exact) mass is 1480 g/mol. The van der Waals surface area contributed by atoms with Crippen molar-refractivity contribution in [2.45, 2.75) is 25.7 Å². The molecule has 560 valence electrons. The molecule has 4 aromatic carbocycles. The van der Waals surface area contributed by atoms with E-state index in [2.05, 4.69) is 109 Å². The molecular formula is C74H106Cl3F4N16O5+. The molecule has 0 radical (unpaired) electrons. The number of alkyl halides is 2. The fourth-order valence-corrected chi connectivity index (χ4v) is 10.2. The Morgan fingerprint density at radius 3 is 0.853 bits per heavy atom. The molecule has 0 aromatic heterocycles. The Kier molecular flexibility index (Phi) is 43.4. The Balaban J connectivity index is 0.000000397. The van der Waals surface area contributed by atoms with E-state index in [1.165, 1.54) is 82.4 Å². The van der Waals surface area contributed by atoms with Gasteiger partial charge >= 0.3 is 0 Å². The van der Waals surface area contributed by atoms with Crippen molar-refractivity contribution in [2.75, 3.05) is 181 Å². The number of halogens is 7. The number of amides is 3. The minimum atomic E-state index is -0.434. The maximum absolute atomic E-state index is 12.7. The maximum Gasteiger partial charge on any atom is 0.241 e. The van der Waals surface area contributed by atoms with E-state index in [9.17, 15) is 41.5 Å². The van der Waals surface area contributed by atoms with Gasteiger partial charge in [0.25, 0.3) is 0 Å². The smallest absolute Gasteiger partial charge is 0.241 e. The number of ketones is 1. The van der Waals surface area contributed by atoms with Crippen LogP contribution in [0.2, 0.25) is 0 Å². The zero-order valence-corrected chi connectivity index (χ0v) is 63.5. The van der Waals surface area contributed by atoms with Crippen LogP contribution in [-0.2, 0) is 49.7 Å². The van der Waals surface area contributed by atoms with Crippen molar-refractivity contribution >= 4 is 63.6 Å². The molecule has 28 heteroatoms. The first-order chi connectivity index (χ1) is 48.1. The third-order valence-corrected chi connectivity index (χ3v) is 16.1. The molecule has 7 heterocycles. The summed E-state index contributed by atoms with van der Waals surface area (Å²) < 4.78 is 50.4. The number of nitrogens with zero attached hydrogens (tertiary/aromatic N) is 12. The summed E-state index contributed by atoms with van der Waals surface area (Å²) in [4.78, 5) is 57.5. The van der Waals surface area contributed by atoms with E-state index in [0.717, 1.165) is 110 Å². The van der Waals surface area contributed by atoms with Crippen molar-refractivity contribution in [1.29, 1.82) is 0 Å². The fraction of sp³-hybridized carbons (Fsp3) is 0.419. The van der Waals surface area contributed by atoms with Crippen LogP contribution >= 0.6 is 34.8 Å². The average molecular weight is 1480 g/mol. The number of carbonyl (C=O) groups excluding carboxylic acids is 5. The molecule has 7 aliphatic heterocycles. The van der Waals surface area contributed by atoms with E-state index in [0.29, 0.717) is 24.8 Å². The molecule has 0 bridgehead atoms. The minimum Gasteiger partial charge on any atom is -0.296 e. The third-order valence-electron chi connectivity index (χ3n) is 15.2. The Bertz CT molecular complexity index is 3070. The highest BCUT2D eigenvalue weighted by atomic mass is 35.5. The second-order valence-corrected chi connectivity index (χ2v) is 25.9. The lowest BCUT2D eigenvalue weighted by atomic mass is 10.1. The molecule has 21 nitrogen and oxygen atoms in total. The van der Waals surface area contributed by atoms with Crippen LogP contribution in [-0.4, -0.2) is 270 Å². The largest absolute Gasteiger partial charge is 0.296 e. The number of hydrogen-bond acceptors (Lipinski definition) is 18.